The molecule has 39 heavy (non-hydrogen) atoms. The molecule has 2 aromatic rings. The van der Waals surface area contributed by atoms with E-state index in [4.69, 9.17) is 10.2 Å². The normalized spacial score (nSPS) is 30.4. The van der Waals surface area contributed by atoms with Gasteiger partial charge in [0.2, 0.25) is 5.91 Å². The summed E-state index contributed by atoms with van der Waals surface area (Å²) in [6.07, 6.45) is 0.155. The van der Waals surface area contributed by atoms with Crippen LogP contribution in [0.1, 0.15) is 28.1 Å². The molecule has 6 atom stereocenters. The van der Waals surface area contributed by atoms with Crippen LogP contribution in [-0.2, 0) is 32.1 Å². The number of carbonyl (C=O) groups excluding carboxylic acids is 5. The van der Waals surface area contributed by atoms with Crippen LogP contribution in [0.15, 0.2) is 28.7 Å². The molecule has 1 aromatic carbocycles. The standard InChI is InChI=1S/C28H31N3O8/c1-30(2)11-13-5-8-18(39-13)14-6-7-17(32)20-15(14)9-12-10-16-22(31(3)4)24(34)21(27(29)37)26(36)28(16,38)25(35)19(12)23(20)33/h5-8,12,16,19,21-22,32,38H,9-11H2,1-4H3,(H2,29,37)/t12-,16-,19?,21?,22?,28-/m1/s1. The zero-order valence-corrected chi connectivity index (χ0v) is 22.1. The summed E-state index contributed by atoms with van der Waals surface area (Å²) in [5.74, 6) is -9.51. The number of hydrogen-bond acceptors (Lipinski definition) is 10. The summed E-state index contributed by atoms with van der Waals surface area (Å²) < 4.78 is 6.01. The van der Waals surface area contributed by atoms with Crippen molar-refractivity contribution in [3.8, 4) is 17.1 Å². The molecular formula is C28H31N3O8. The van der Waals surface area contributed by atoms with Gasteiger partial charge in [-0.3, -0.25) is 28.9 Å². The highest BCUT2D eigenvalue weighted by Crippen LogP contribution is 2.51. The second-order valence-electron chi connectivity index (χ2n) is 11.3. The number of amides is 1. The first kappa shape index (κ1) is 26.9. The number of aromatic hydroxyl groups is 1. The van der Waals surface area contributed by atoms with Crippen molar-refractivity contribution in [2.45, 2.75) is 31.0 Å². The molecule has 1 aromatic heterocycles. The molecule has 4 N–H and O–H groups in total. The molecule has 0 saturated heterocycles. The number of fused-ring (bicyclic) bond motifs is 3. The van der Waals surface area contributed by atoms with Crippen LogP contribution >= 0.6 is 0 Å². The lowest BCUT2D eigenvalue weighted by atomic mass is 9.52. The van der Waals surface area contributed by atoms with Gasteiger partial charge in [-0.05, 0) is 76.8 Å². The molecule has 0 spiro atoms. The number of aliphatic hydroxyl groups is 1. The van der Waals surface area contributed by atoms with Gasteiger partial charge in [0.25, 0.3) is 0 Å². The predicted octanol–water partition coefficient (Wildman–Crippen LogP) is 0.189. The molecule has 2 saturated carbocycles. The van der Waals surface area contributed by atoms with Gasteiger partial charge in [-0.25, -0.2) is 0 Å². The fraction of sp³-hybridized carbons (Fsp3) is 0.464. The maximum Gasteiger partial charge on any atom is 0.235 e. The number of benzene rings is 1. The average Bonchev–Trinajstić information content (AvgIpc) is 3.28. The average molecular weight is 538 g/mol. The van der Waals surface area contributed by atoms with Crippen molar-refractivity contribution in [2.75, 3.05) is 28.2 Å². The van der Waals surface area contributed by atoms with Gasteiger partial charge in [-0.1, -0.05) is 0 Å². The third-order valence-electron chi connectivity index (χ3n) is 8.34. The first-order valence-corrected chi connectivity index (χ1v) is 12.7. The Morgan fingerprint density at radius 2 is 1.77 bits per heavy atom. The monoisotopic (exact) mass is 537 g/mol. The summed E-state index contributed by atoms with van der Waals surface area (Å²) in [6.45, 7) is 0.555. The van der Waals surface area contributed by atoms with E-state index in [1.54, 1.807) is 26.2 Å². The SMILES string of the molecule is CN(C)Cc1ccc(-c2ccc(O)c3c2C[C@@H]2C[C@@H]4C(N(C)C)C(=O)C(C(N)=O)C(=O)[C@]4(O)C(=O)C2C3=O)o1. The van der Waals surface area contributed by atoms with E-state index in [0.29, 0.717) is 29.2 Å². The molecule has 11 heteroatoms. The molecule has 3 unspecified atom stereocenters. The predicted molar refractivity (Wildman–Crippen MR) is 136 cm³/mol. The third kappa shape index (κ3) is 3.87. The number of Topliss-reactive ketones (excluding diaryl/α,β-unsaturated/α-hetero) is 4. The lowest BCUT2D eigenvalue weighted by Gasteiger charge is -2.52. The van der Waals surface area contributed by atoms with Gasteiger partial charge in [0.15, 0.2) is 34.7 Å². The minimum Gasteiger partial charge on any atom is -0.507 e. The number of phenols is 1. The van der Waals surface area contributed by atoms with Crippen molar-refractivity contribution in [1.82, 2.24) is 9.80 Å². The number of ketones is 4. The lowest BCUT2D eigenvalue weighted by molar-refractivity contribution is -0.181. The van der Waals surface area contributed by atoms with Crippen LogP contribution in [0.25, 0.3) is 11.3 Å². The minimum atomic E-state index is -2.74. The van der Waals surface area contributed by atoms with E-state index in [0.717, 1.165) is 0 Å². The first-order valence-electron chi connectivity index (χ1n) is 12.7. The molecule has 0 radical (unpaired) electrons. The van der Waals surface area contributed by atoms with Gasteiger partial charge in [0, 0.05) is 11.5 Å². The number of hydrogen-bond donors (Lipinski definition) is 3. The molecule has 1 heterocycles. The summed E-state index contributed by atoms with van der Waals surface area (Å²) in [5.41, 5.74) is 3.62. The fourth-order valence-electron chi connectivity index (χ4n) is 6.75. The second kappa shape index (κ2) is 9.22. The zero-order valence-electron chi connectivity index (χ0n) is 22.1. The quantitative estimate of drug-likeness (QED) is 0.447. The van der Waals surface area contributed by atoms with Crippen molar-refractivity contribution < 1.29 is 38.6 Å². The molecule has 206 valence electrons. The number of furan rings is 1. The van der Waals surface area contributed by atoms with E-state index in [1.807, 2.05) is 25.1 Å². The number of nitrogens with zero attached hydrogens (tertiary/aromatic N) is 2. The van der Waals surface area contributed by atoms with Crippen molar-refractivity contribution in [2.24, 2.45) is 29.4 Å². The maximum atomic E-state index is 13.9. The van der Waals surface area contributed by atoms with Crippen LogP contribution in [0.2, 0.25) is 0 Å². The van der Waals surface area contributed by atoms with Gasteiger partial charge in [0.05, 0.1) is 24.1 Å². The Morgan fingerprint density at radius 1 is 1.08 bits per heavy atom. The highest BCUT2D eigenvalue weighted by molar-refractivity contribution is 6.32. The number of primary amides is 1. The van der Waals surface area contributed by atoms with Gasteiger partial charge in [0.1, 0.15) is 17.3 Å². The van der Waals surface area contributed by atoms with Crippen molar-refractivity contribution in [3.05, 3.63) is 41.2 Å². The summed E-state index contributed by atoms with van der Waals surface area (Å²) in [7, 11) is 6.90. The van der Waals surface area contributed by atoms with Gasteiger partial charge in [-0.2, -0.15) is 0 Å². The van der Waals surface area contributed by atoms with Crippen molar-refractivity contribution >= 4 is 29.0 Å². The van der Waals surface area contributed by atoms with Crippen LogP contribution in [0.4, 0.5) is 0 Å². The van der Waals surface area contributed by atoms with Crippen LogP contribution in [0.5, 0.6) is 5.75 Å². The Bertz CT molecular complexity index is 1430. The van der Waals surface area contributed by atoms with Crippen LogP contribution in [0.3, 0.4) is 0 Å². The molecular weight excluding hydrogens is 506 g/mol. The van der Waals surface area contributed by atoms with E-state index < -0.39 is 64.4 Å². The molecule has 11 nitrogen and oxygen atoms in total. The third-order valence-corrected chi connectivity index (χ3v) is 8.34. The Balaban J connectivity index is 1.62. The fourth-order valence-corrected chi connectivity index (χ4v) is 6.75. The van der Waals surface area contributed by atoms with Crippen molar-refractivity contribution in [1.29, 1.82) is 0 Å². The number of carbonyl (C=O) groups is 5. The molecule has 3 aliphatic carbocycles. The van der Waals surface area contributed by atoms with Crippen LogP contribution in [-0.4, -0.2) is 88.9 Å². The van der Waals surface area contributed by atoms with Gasteiger partial charge < -0.3 is 25.3 Å². The Hall–Kier alpha value is -3.67. The topological polar surface area (TPSA) is 171 Å². The summed E-state index contributed by atoms with van der Waals surface area (Å²) in [4.78, 5) is 69.7. The Kier molecular flexibility index (Phi) is 6.36. The zero-order chi connectivity index (χ0) is 28.5. The van der Waals surface area contributed by atoms with Crippen molar-refractivity contribution in [3.63, 3.8) is 0 Å². The maximum absolute atomic E-state index is 13.9. The van der Waals surface area contributed by atoms with Crippen LogP contribution in [0, 0.1) is 23.7 Å². The number of rotatable bonds is 5. The van der Waals surface area contributed by atoms with E-state index in [1.165, 1.54) is 11.0 Å². The van der Waals surface area contributed by atoms with Gasteiger partial charge >= 0.3 is 0 Å². The van der Waals surface area contributed by atoms with E-state index in [2.05, 4.69) is 0 Å². The highest BCUT2D eigenvalue weighted by Gasteiger charge is 2.69. The largest absolute Gasteiger partial charge is 0.507 e. The minimum absolute atomic E-state index is 0.0109. The molecule has 0 bridgehead atoms. The summed E-state index contributed by atoms with van der Waals surface area (Å²) in [5, 5.41) is 22.3. The lowest BCUT2D eigenvalue weighted by Crippen LogP contribution is -2.74. The number of likely N-dealkylation sites (N-methyl/N-ethyl adjacent to an activating group) is 1. The van der Waals surface area contributed by atoms with E-state index in [-0.39, 0.29) is 24.2 Å². The highest BCUT2D eigenvalue weighted by atomic mass is 16.3. The van der Waals surface area contributed by atoms with Gasteiger partial charge in [-0.15, -0.1) is 0 Å². The molecule has 5 rings (SSSR count). The molecule has 0 aliphatic heterocycles. The Morgan fingerprint density at radius 3 is 2.38 bits per heavy atom. The second-order valence-corrected chi connectivity index (χ2v) is 11.3. The van der Waals surface area contributed by atoms with E-state index in [9.17, 15) is 34.2 Å². The Labute approximate surface area is 224 Å². The smallest absolute Gasteiger partial charge is 0.235 e. The first-order chi connectivity index (χ1) is 18.3. The van der Waals surface area contributed by atoms with Crippen LogP contribution < -0.4 is 5.73 Å². The summed E-state index contributed by atoms with van der Waals surface area (Å²) in [6, 6.07) is 5.45. The molecule has 3 aliphatic rings. The number of phenolic OH excluding ortho intramolecular Hbond substituents is 1. The molecule has 2 fully saturated rings. The number of nitrogens with two attached hydrogens (primary N) is 1. The summed E-state index contributed by atoms with van der Waals surface area (Å²) >= 11 is 0. The van der Waals surface area contributed by atoms with E-state index >= 15 is 0 Å². The molecule has 1 amide bonds.